The highest BCUT2D eigenvalue weighted by Crippen LogP contribution is 2.33. The molecule has 0 radical (unpaired) electrons. The van der Waals surface area contributed by atoms with Crippen LogP contribution in [0.1, 0.15) is 50.2 Å². The van der Waals surface area contributed by atoms with Crippen molar-refractivity contribution in [3.05, 3.63) is 35.4 Å². The molecule has 29 heavy (non-hydrogen) atoms. The topological polar surface area (TPSA) is 53.6 Å². The fourth-order valence-corrected chi connectivity index (χ4v) is 4.96. The number of rotatable bonds is 5. The Morgan fingerprint density at radius 2 is 2.03 bits per heavy atom. The number of benzene rings is 1. The minimum atomic E-state index is -0.00359. The molecule has 4 atom stereocenters. The second kappa shape index (κ2) is 11.5. The number of amides is 1. The molecule has 2 N–H and O–H groups in total. The summed E-state index contributed by atoms with van der Waals surface area (Å²) >= 11 is 0. The molecular formula is C22H35Cl2N3O2. The molecule has 4 unspecified atom stereocenters. The van der Waals surface area contributed by atoms with Crippen LogP contribution in [0, 0.1) is 5.92 Å². The van der Waals surface area contributed by atoms with Crippen LogP contribution in [-0.2, 0) is 22.6 Å². The van der Waals surface area contributed by atoms with E-state index in [4.69, 9.17) is 4.74 Å². The number of carbonyl (C=O) groups is 1. The zero-order chi connectivity index (χ0) is 18.6. The number of fused-ring (bicyclic) bond motifs is 1. The van der Waals surface area contributed by atoms with Crippen LogP contribution in [0.5, 0.6) is 0 Å². The lowest BCUT2D eigenvalue weighted by Gasteiger charge is -2.31. The summed E-state index contributed by atoms with van der Waals surface area (Å²) in [5, 5.41) is 6.72. The molecule has 5 nitrogen and oxygen atoms in total. The largest absolute Gasteiger partial charge is 0.376 e. The predicted octanol–water partition coefficient (Wildman–Crippen LogP) is 3.29. The Morgan fingerprint density at radius 3 is 2.83 bits per heavy atom. The van der Waals surface area contributed by atoms with Crippen molar-refractivity contribution in [3.8, 4) is 0 Å². The van der Waals surface area contributed by atoms with E-state index in [-0.39, 0.29) is 36.8 Å². The summed E-state index contributed by atoms with van der Waals surface area (Å²) < 4.78 is 5.62. The first-order valence-electron chi connectivity index (χ1n) is 10.6. The van der Waals surface area contributed by atoms with E-state index >= 15 is 0 Å². The predicted molar refractivity (Wildman–Crippen MR) is 121 cm³/mol. The van der Waals surface area contributed by atoms with Gasteiger partial charge in [0.2, 0.25) is 5.91 Å². The molecule has 1 aromatic rings. The molecule has 2 aliphatic heterocycles. The fourth-order valence-electron chi connectivity index (χ4n) is 4.96. The van der Waals surface area contributed by atoms with E-state index in [1.165, 1.54) is 36.8 Å². The molecule has 4 rings (SSSR count). The van der Waals surface area contributed by atoms with Crippen molar-refractivity contribution < 1.29 is 9.53 Å². The number of morpholine rings is 1. The van der Waals surface area contributed by atoms with Crippen molar-refractivity contribution in [2.24, 2.45) is 5.92 Å². The van der Waals surface area contributed by atoms with E-state index in [2.05, 4.69) is 46.7 Å². The minimum absolute atomic E-state index is 0. The van der Waals surface area contributed by atoms with Gasteiger partial charge in [0, 0.05) is 32.2 Å². The van der Waals surface area contributed by atoms with Gasteiger partial charge in [-0.05, 0) is 43.2 Å². The van der Waals surface area contributed by atoms with E-state index in [0.29, 0.717) is 24.6 Å². The SMILES string of the molecule is CC1CN(Cc2cccc(CNC(=O)C3CC4CCCCC4N3)c2)CCO1.Cl.Cl. The maximum atomic E-state index is 12.6. The molecule has 3 aliphatic rings. The van der Waals surface area contributed by atoms with Crippen molar-refractivity contribution in [2.75, 3.05) is 19.7 Å². The van der Waals surface area contributed by atoms with Gasteiger partial charge in [0.15, 0.2) is 0 Å². The number of hydrogen-bond acceptors (Lipinski definition) is 4. The van der Waals surface area contributed by atoms with Crippen LogP contribution in [0.2, 0.25) is 0 Å². The average molecular weight is 444 g/mol. The van der Waals surface area contributed by atoms with Gasteiger partial charge in [-0.15, -0.1) is 24.8 Å². The van der Waals surface area contributed by atoms with E-state index in [1.54, 1.807) is 0 Å². The van der Waals surface area contributed by atoms with Crippen LogP contribution >= 0.6 is 24.8 Å². The zero-order valence-corrected chi connectivity index (χ0v) is 18.9. The van der Waals surface area contributed by atoms with E-state index in [0.717, 1.165) is 32.7 Å². The first kappa shape index (κ1) is 24.4. The number of ether oxygens (including phenoxy) is 1. The van der Waals surface area contributed by atoms with Gasteiger partial charge in [-0.25, -0.2) is 0 Å². The maximum absolute atomic E-state index is 12.6. The Morgan fingerprint density at radius 1 is 1.24 bits per heavy atom. The van der Waals surface area contributed by atoms with Crippen LogP contribution in [-0.4, -0.2) is 48.7 Å². The highest BCUT2D eigenvalue weighted by atomic mass is 35.5. The van der Waals surface area contributed by atoms with Crippen LogP contribution in [0.3, 0.4) is 0 Å². The third-order valence-corrected chi connectivity index (χ3v) is 6.37. The van der Waals surface area contributed by atoms with Crippen molar-refractivity contribution >= 4 is 30.7 Å². The summed E-state index contributed by atoms with van der Waals surface area (Å²) in [6, 6.07) is 9.16. The van der Waals surface area contributed by atoms with E-state index in [9.17, 15) is 4.79 Å². The van der Waals surface area contributed by atoms with Crippen molar-refractivity contribution in [1.82, 2.24) is 15.5 Å². The Labute approximate surface area is 187 Å². The maximum Gasteiger partial charge on any atom is 0.237 e. The summed E-state index contributed by atoms with van der Waals surface area (Å²) in [6.45, 7) is 6.47. The molecule has 2 heterocycles. The van der Waals surface area contributed by atoms with E-state index < -0.39 is 0 Å². The second-order valence-electron chi connectivity index (χ2n) is 8.56. The summed E-state index contributed by atoms with van der Waals surface area (Å²) in [5.74, 6) is 0.866. The number of nitrogens with one attached hydrogen (secondary N) is 2. The molecule has 3 fully saturated rings. The Balaban J connectivity index is 0.00000150. The monoisotopic (exact) mass is 443 g/mol. The van der Waals surface area contributed by atoms with E-state index in [1.807, 2.05) is 0 Å². The van der Waals surface area contributed by atoms with Crippen LogP contribution in [0.4, 0.5) is 0 Å². The quantitative estimate of drug-likeness (QED) is 0.732. The lowest BCUT2D eigenvalue weighted by molar-refractivity contribution is -0.123. The fraction of sp³-hybridized carbons (Fsp3) is 0.682. The lowest BCUT2D eigenvalue weighted by Crippen LogP contribution is -2.42. The molecule has 1 aliphatic carbocycles. The number of carbonyl (C=O) groups excluding carboxylic acids is 1. The normalized spacial score (nSPS) is 29.3. The van der Waals surface area contributed by atoms with Gasteiger partial charge in [-0.1, -0.05) is 37.1 Å². The molecule has 1 amide bonds. The van der Waals surface area contributed by atoms with Gasteiger partial charge < -0.3 is 15.4 Å². The molecular weight excluding hydrogens is 409 g/mol. The van der Waals surface area contributed by atoms with Crippen LogP contribution < -0.4 is 10.6 Å². The Kier molecular flexibility index (Phi) is 9.70. The summed E-state index contributed by atoms with van der Waals surface area (Å²) in [6.07, 6.45) is 6.46. The van der Waals surface area contributed by atoms with Gasteiger partial charge in [-0.3, -0.25) is 9.69 Å². The van der Waals surface area contributed by atoms with Crippen LogP contribution in [0.15, 0.2) is 24.3 Å². The molecule has 164 valence electrons. The molecule has 7 heteroatoms. The van der Waals surface area contributed by atoms with Gasteiger partial charge in [-0.2, -0.15) is 0 Å². The minimum Gasteiger partial charge on any atom is -0.376 e. The first-order valence-corrected chi connectivity index (χ1v) is 10.6. The number of halogens is 2. The molecule has 1 aromatic carbocycles. The molecule has 2 saturated heterocycles. The Bertz CT molecular complexity index is 647. The number of hydrogen-bond donors (Lipinski definition) is 2. The standard InChI is InChI=1S/C22H33N3O2.2ClH/c1-16-14-25(9-10-27-16)15-18-6-4-5-17(11-18)13-23-22(26)21-12-19-7-2-3-8-20(19)24-21;;/h4-6,11,16,19-21,24H,2-3,7-10,12-15H2,1H3,(H,23,26);2*1H. The highest BCUT2D eigenvalue weighted by Gasteiger charge is 2.37. The lowest BCUT2D eigenvalue weighted by atomic mass is 9.85. The molecule has 0 bridgehead atoms. The third kappa shape index (κ3) is 6.56. The zero-order valence-electron chi connectivity index (χ0n) is 17.3. The van der Waals surface area contributed by atoms with Crippen molar-refractivity contribution in [3.63, 3.8) is 0 Å². The average Bonchev–Trinajstić information content (AvgIpc) is 3.11. The van der Waals surface area contributed by atoms with Gasteiger partial charge in [0.25, 0.3) is 0 Å². The first-order chi connectivity index (χ1) is 13.2. The molecule has 0 aromatic heterocycles. The molecule has 0 spiro atoms. The summed E-state index contributed by atoms with van der Waals surface area (Å²) in [4.78, 5) is 15.0. The van der Waals surface area contributed by atoms with Crippen LogP contribution in [0.25, 0.3) is 0 Å². The van der Waals surface area contributed by atoms with Crippen molar-refractivity contribution in [1.29, 1.82) is 0 Å². The smallest absolute Gasteiger partial charge is 0.237 e. The Hall–Kier alpha value is -0.850. The molecule has 1 saturated carbocycles. The van der Waals surface area contributed by atoms with Gasteiger partial charge in [0.1, 0.15) is 0 Å². The summed E-state index contributed by atoms with van der Waals surface area (Å²) in [5.41, 5.74) is 2.48. The second-order valence-corrected chi connectivity index (χ2v) is 8.56. The van der Waals surface area contributed by atoms with Gasteiger partial charge >= 0.3 is 0 Å². The summed E-state index contributed by atoms with van der Waals surface area (Å²) in [7, 11) is 0. The highest BCUT2D eigenvalue weighted by molar-refractivity contribution is 5.85. The number of nitrogens with zero attached hydrogens (tertiary/aromatic N) is 1. The van der Waals surface area contributed by atoms with Crippen molar-refractivity contribution in [2.45, 2.75) is 70.3 Å². The van der Waals surface area contributed by atoms with Gasteiger partial charge in [0.05, 0.1) is 18.8 Å². The third-order valence-electron chi connectivity index (χ3n) is 6.37.